The third-order valence-electron chi connectivity index (χ3n) is 2.48. The number of carbonyl (C=O) groups excluding carboxylic acids is 1. The van der Waals surface area contributed by atoms with Crippen LogP contribution in [0.4, 0.5) is 20.3 Å². The summed E-state index contributed by atoms with van der Waals surface area (Å²) in [6.45, 7) is 0. The molecule has 0 saturated heterocycles. The molecule has 0 unspecified atom stereocenters. The van der Waals surface area contributed by atoms with E-state index in [1.165, 1.54) is 13.2 Å². The van der Waals surface area contributed by atoms with Crippen molar-refractivity contribution in [1.29, 1.82) is 0 Å². The molecule has 0 aliphatic heterocycles. The SMILES string of the molecule is CNC(=O)c1cc(F)cc(F)c1Nc1nc(Cl)ncc1Cl. The molecule has 1 amide bonds. The summed E-state index contributed by atoms with van der Waals surface area (Å²) >= 11 is 11.5. The molecule has 0 atom stereocenters. The van der Waals surface area contributed by atoms with Gasteiger partial charge in [0.1, 0.15) is 16.7 Å². The molecule has 1 aromatic heterocycles. The second kappa shape index (κ2) is 6.19. The quantitative estimate of drug-likeness (QED) is 0.847. The lowest BCUT2D eigenvalue weighted by Gasteiger charge is -2.12. The number of carbonyl (C=O) groups is 1. The van der Waals surface area contributed by atoms with E-state index in [0.29, 0.717) is 6.07 Å². The largest absolute Gasteiger partial charge is 0.355 e. The lowest BCUT2D eigenvalue weighted by atomic mass is 10.1. The second-order valence-electron chi connectivity index (χ2n) is 3.85. The van der Waals surface area contributed by atoms with Crippen molar-refractivity contribution in [2.75, 3.05) is 12.4 Å². The van der Waals surface area contributed by atoms with E-state index in [1.54, 1.807) is 0 Å². The number of anilines is 2. The number of halogens is 4. The van der Waals surface area contributed by atoms with E-state index < -0.39 is 17.5 Å². The van der Waals surface area contributed by atoms with Crippen LogP contribution in [-0.4, -0.2) is 22.9 Å². The van der Waals surface area contributed by atoms with Gasteiger partial charge in [-0.1, -0.05) is 11.6 Å². The zero-order valence-electron chi connectivity index (χ0n) is 10.5. The summed E-state index contributed by atoms with van der Waals surface area (Å²) in [5.74, 6) is -2.54. The first kappa shape index (κ1) is 15.4. The van der Waals surface area contributed by atoms with E-state index in [-0.39, 0.29) is 27.4 Å². The van der Waals surface area contributed by atoms with Gasteiger partial charge in [-0.2, -0.15) is 4.98 Å². The van der Waals surface area contributed by atoms with Crippen molar-refractivity contribution >= 4 is 40.6 Å². The van der Waals surface area contributed by atoms with Gasteiger partial charge in [0.2, 0.25) is 5.28 Å². The Labute approximate surface area is 128 Å². The summed E-state index contributed by atoms with van der Waals surface area (Å²) < 4.78 is 27.2. The summed E-state index contributed by atoms with van der Waals surface area (Å²) in [6.07, 6.45) is 1.21. The summed E-state index contributed by atoms with van der Waals surface area (Å²) in [7, 11) is 1.34. The second-order valence-corrected chi connectivity index (χ2v) is 4.60. The average Bonchev–Trinajstić information content (AvgIpc) is 2.44. The molecule has 9 heteroatoms. The Morgan fingerprint density at radius 1 is 1.29 bits per heavy atom. The molecule has 0 radical (unpaired) electrons. The van der Waals surface area contributed by atoms with Crippen LogP contribution in [0.5, 0.6) is 0 Å². The highest BCUT2D eigenvalue weighted by atomic mass is 35.5. The number of aromatic nitrogens is 2. The van der Waals surface area contributed by atoms with Gasteiger partial charge in [0.15, 0.2) is 5.82 Å². The van der Waals surface area contributed by atoms with Gasteiger partial charge >= 0.3 is 0 Å². The fraction of sp³-hybridized carbons (Fsp3) is 0.0833. The molecular weight excluding hydrogens is 325 g/mol. The number of hydrogen-bond acceptors (Lipinski definition) is 4. The third kappa shape index (κ3) is 3.37. The molecular formula is C12H8Cl2F2N4O. The first-order valence-electron chi connectivity index (χ1n) is 5.58. The lowest BCUT2D eigenvalue weighted by molar-refractivity contribution is 0.0963. The van der Waals surface area contributed by atoms with E-state index in [4.69, 9.17) is 23.2 Å². The monoisotopic (exact) mass is 332 g/mol. The van der Waals surface area contributed by atoms with Crippen LogP contribution in [0.15, 0.2) is 18.3 Å². The lowest BCUT2D eigenvalue weighted by Crippen LogP contribution is -2.20. The molecule has 110 valence electrons. The van der Waals surface area contributed by atoms with Gasteiger partial charge in [-0.15, -0.1) is 0 Å². The summed E-state index contributed by atoms with van der Waals surface area (Å²) in [4.78, 5) is 19.1. The zero-order chi connectivity index (χ0) is 15.6. The van der Waals surface area contributed by atoms with Gasteiger partial charge < -0.3 is 10.6 Å². The minimum Gasteiger partial charge on any atom is -0.355 e. The number of nitrogens with one attached hydrogen (secondary N) is 2. The average molecular weight is 333 g/mol. The Morgan fingerprint density at radius 2 is 2.00 bits per heavy atom. The highest BCUT2D eigenvalue weighted by molar-refractivity contribution is 6.33. The molecule has 21 heavy (non-hydrogen) atoms. The molecule has 2 N–H and O–H groups in total. The molecule has 5 nitrogen and oxygen atoms in total. The molecule has 1 aromatic carbocycles. The molecule has 2 aromatic rings. The van der Waals surface area contributed by atoms with Crippen molar-refractivity contribution in [3.05, 3.63) is 45.8 Å². The summed E-state index contributed by atoms with van der Waals surface area (Å²) in [6, 6.07) is 1.52. The van der Waals surface area contributed by atoms with Crippen LogP contribution in [-0.2, 0) is 0 Å². The van der Waals surface area contributed by atoms with Gasteiger partial charge in [0.05, 0.1) is 17.4 Å². The van der Waals surface area contributed by atoms with Gasteiger partial charge in [0.25, 0.3) is 5.91 Å². The van der Waals surface area contributed by atoms with Crippen LogP contribution in [0, 0.1) is 11.6 Å². The first-order chi connectivity index (χ1) is 9.92. The van der Waals surface area contributed by atoms with Gasteiger partial charge in [-0.05, 0) is 17.7 Å². The van der Waals surface area contributed by atoms with E-state index in [1.807, 2.05) is 0 Å². The minimum atomic E-state index is -0.973. The third-order valence-corrected chi connectivity index (χ3v) is 2.94. The predicted molar refractivity (Wildman–Crippen MR) is 75.1 cm³/mol. The smallest absolute Gasteiger partial charge is 0.253 e. The molecule has 0 aliphatic carbocycles. The van der Waals surface area contributed by atoms with E-state index in [2.05, 4.69) is 20.6 Å². The topological polar surface area (TPSA) is 66.9 Å². The number of benzene rings is 1. The first-order valence-corrected chi connectivity index (χ1v) is 6.34. The maximum absolute atomic E-state index is 13.9. The zero-order valence-corrected chi connectivity index (χ0v) is 12.1. The number of rotatable bonds is 3. The van der Waals surface area contributed by atoms with Gasteiger partial charge in [0, 0.05) is 13.1 Å². The summed E-state index contributed by atoms with van der Waals surface area (Å²) in [5.41, 5.74) is -0.506. The number of nitrogens with zero attached hydrogens (tertiary/aromatic N) is 2. The van der Waals surface area contributed by atoms with Crippen LogP contribution >= 0.6 is 23.2 Å². The van der Waals surface area contributed by atoms with Crippen molar-refractivity contribution < 1.29 is 13.6 Å². The van der Waals surface area contributed by atoms with Gasteiger partial charge in [-0.3, -0.25) is 4.79 Å². The van der Waals surface area contributed by atoms with Gasteiger partial charge in [-0.25, -0.2) is 13.8 Å². The Bertz CT molecular complexity index is 712. The van der Waals surface area contributed by atoms with Crippen molar-refractivity contribution in [2.24, 2.45) is 0 Å². The molecule has 0 bridgehead atoms. The highest BCUT2D eigenvalue weighted by Gasteiger charge is 2.18. The molecule has 2 rings (SSSR count). The van der Waals surface area contributed by atoms with E-state index >= 15 is 0 Å². The van der Waals surface area contributed by atoms with E-state index in [0.717, 1.165) is 6.07 Å². The van der Waals surface area contributed by atoms with Crippen LogP contribution < -0.4 is 10.6 Å². The van der Waals surface area contributed by atoms with Crippen molar-refractivity contribution in [2.45, 2.75) is 0 Å². The molecule has 0 aliphatic rings. The van der Waals surface area contributed by atoms with Crippen LogP contribution in [0.25, 0.3) is 0 Å². The van der Waals surface area contributed by atoms with Crippen LogP contribution in [0.2, 0.25) is 10.3 Å². The Balaban J connectivity index is 2.53. The molecule has 0 spiro atoms. The molecule has 1 heterocycles. The Kier molecular flexibility index (Phi) is 4.54. The maximum Gasteiger partial charge on any atom is 0.253 e. The fourth-order valence-corrected chi connectivity index (χ4v) is 1.84. The normalized spacial score (nSPS) is 10.3. The van der Waals surface area contributed by atoms with Crippen LogP contribution in [0.1, 0.15) is 10.4 Å². The summed E-state index contributed by atoms with van der Waals surface area (Å²) in [5, 5.41) is 4.75. The predicted octanol–water partition coefficient (Wildman–Crippen LogP) is 3.16. The Morgan fingerprint density at radius 3 is 2.67 bits per heavy atom. The van der Waals surface area contributed by atoms with Crippen LogP contribution in [0.3, 0.4) is 0 Å². The highest BCUT2D eigenvalue weighted by Crippen LogP contribution is 2.28. The maximum atomic E-state index is 13.9. The fourth-order valence-electron chi connectivity index (χ4n) is 1.57. The minimum absolute atomic E-state index is 0.00710. The van der Waals surface area contributed by atoms with Crippen molar-refractivity contribution in [3.63, 3.8) is 0 Å². The van der Waals surface area contributed by atoms with Crippen molar-refractivity contribution in [3.8, 4) is 0 Å². The molecule has 0 fully saturated rings. The standard InChI is InChI=1S/C12H8Cl2F2N4O/c1-17-11(21)6-2-5(15)3-8(16)9(6)19-10-7(13)4-18-12(14)20-10/h2-4H,1H3,(H,17,21)(H,18,19,20). The Hall–Kier alpha value is -1.99. The molecule has 0 saturated carbocycles. The van der Waals surface area contributed by atoms with E-state index in [9.17, 15) is 13.6 Å². The van der Waals surface area contributed by atoms with Crippen molar-refractivity contribution in [1.82, 2.24) is 15.3 Å². The number of amides is 1. The number of hydrogen-bond donors (Lipinski definition) is 2.